The first-order valence-electron chi connectivity index (χ1n) is 17.6. The number of nitrogens with zero attached hydrogens (tertiary/aromatic N) is 5. The fourth-order valence-electron chi connectivity index (χ4n) is 7.85. The molecule has 0 saturated carbocycles. The van der Waals surface area contributed by atoms with E-state index in [1.54, 1.807) is 11.9 Å². The van der Waals surface area contributed by atoms with Crippen molar-refractivity contribution in [2.45, 2.75) is 32.0 Å². The van der Waals surface area contributed by atoms with Crippen LogP contribution in [0.5, 0.6) is 0 Å². The third kappa shape index (κ3) is 6.26. The molecule has 51 heavy (non-hydrogen) atoms. The zero-order chi connectivity index (χ0) is 35.1. The summed E-state index contributed by atoms with van der Waals surface area (Å²) in [4.78, 5) is 48.8. The Balaban J connectivity index is 1.26. The minimum atomic E-state index is -0.974. The molecule has 1 atom stereocenters. The Hall–Kier alpha value is -5.45. The van der Waals surface area contributed by atoms with Crippen LogP contribution < -0.4 is 4.90 Å². The molecule has 1 fully saturated rings. The summed E-state index contributed by atoms with van der Waals surface area (Å²) in [5.41, 5.74) is 7.51. The molecule has 1 saturated heterocycles. The van der Waals surface area contributed by atoms with Crippen LogP contribution in [0.1, 0.15) is 43.0 Å². The van der Waals surface area contributed by atoms with Gasteiger partial charge in [-0.25, -0.2) is 4.79 Å². The van der Waals surface area contributed by atoms with Gasteiger partial charge in [0.05, 0.1) is 35.5 Å². The Morgan fingerprint density at radius 2 is 1.53 bits per heavy atom. The van der Waals surface area contributed by atoms with Crippen molar-refractivity contribution in [1.82, 2.24) is 19.3 Å². The zero-order valence-corrected chi connectivity index (χ0v) is 28.7. The van der Waals surface area contributed by atoms with Crippen molar-refractivity contribution in [3.8, 4) is 5.69 Å². The molecule has 3 aliphatic rings. The van der Waals surface area contributed by atoms with Gasteiger partial charge in [-0.3, -0.25) is 14.5 Å². The maximum absolute atomic E-state index is 15.2. The Morgan fingerprint density at radius 3 is 2.31 bits per heavy atom. The van der Waals surface area contributed by atoms with E-state index in [0.29, 0.717) is 49.5 Å². The summed E-state index contributed by atoms with van der Waals surface area (Å²) in [6, 6.07) is 29.5. The van der Waals surface area contributed by atoms with Crippen LogP contribution >= 0.6 is 0 Å². The number of carbonyl (C=O) groups is 3. The molecular weight excluding hydrogens is 642 g/mol. The third-order valence-corrected chi connectivity index (χ3v) is 10.7. The van der Waals surface area contributed by atoms with Gasteiger partial charge in [0.1, 0.15) is 0 Å². The number of para-hydroxylation sites is 2. The Labute approximate surface area is 297 Å². The number of morpholine rings is 1. The Bertz CT molecular complexity index is 2120. The first kappa shape index (κ1) is 32.7. The summed E-state index contributed by atoms with van der Waals surface area (Å²) >= 11 is 0. The summed E-state index contributed by atoms with van der Waals surface area (Å²) in [5.74, 6) is -0.266. The summed E-state index contributed by atoms with van der Waals surface area (Å²) in [6.45, 7) is 4.77. The highest BCUT2D eigenvalue weighted by Gasteiger charge is 2.35. The lowest BCUT2D eigenvalue weighted by atomic mass is 9.91. The molecule has 0 aliphatic carbocycles. The second-order valence-corrected chi connectivity index (χ2v) is 13.7. The molecule has 10 heteroatoms. The molecule has 1 aromatic heterocycles. The average Bonchev–Trinajstić information content (AvgIpc) is 3.56. The molecule has 0 spiro atoms. The number of carbonyl (C=O) groups excluding carboxylic acids is 2. The fourth-order valence-corrected chi connectivity index (χ4v) is 7.85. The number of hydrogen-bond acceptors (Lipinski definition) is 5. The molecule has 8 rings (SSSR count). The maximum Gasteiger partial charge on any atom is 0.407 e. The monoisotopic (exact) mass is 683 g/mol. The molecule has 5 aromatic rings. The molecule has 260 valence electrons. The number of rotatable bonds is 6. The van der Waals surface area contributed by atoms with E-state index >= 15 is 4.79 Å². The fraction of sp³-hybridized carbons (Fsp3) is 0.293. The van der Waals surface area contributed by atoms with Gasteiger partial charge in [0, 0.05) is 69.6 Å². The smallest absolute Gasteiger partial charge is 0.407 e. The van der Waals surface area contributed by atoms with E-state index in [0.717, 1.165) is 59.3 Å². The highest BCUT2D eigenvalue weighted by molar-refractivity contribution is 6.14. The van der Waals surface area contributed by atoms with Gasteiger partial charge in [0.25, 0.3) is 11.8 Å². The molecule has 0 unspecified atom stereocenters. The number of fused-ring (bicyclic) bond motifs is 3. The summed E-state index contributed by atoms with van der Waals surface area (Å²) in [5, 5.41) is 10.6. The molecule has 0 bridgehead atoms. The quantitative estimate of drug-likeness (QED) is 0.242. The lowest BCUT2D eigenvalue weighted by molar-refractivity contribution is 0.0193. The van der Waals surface area contributed by atoms with E-state index in [1.165, 1.54) is 10.5 Å². The normalized spacial score (nSPS) is 17.5. The van der Waals surface area contributed by atoms with E-state index in [4.69, 9.17) is 4.74 Å². The second kappa shape index (κ2) is 13.7. The first-order chi connectivity index (χ1) is 24.9. The predicted octanol–water partition coefficient (Wildman–Crippen LogP) is 5.84. The lowest BCUT2D eigenvalue weighted by Crippen LogP contribution is -2.52. The number of ether oxygens (including phenoxy) is 1. The first-order valence-corrected chi connectivity index (χ1v) is 17.6. The van der Waals surface area contributed by atoms with Crippen molar-refractivity contribution in [3.63, 3.8) is 0 Å². The number of aromatic nitrogens is 1. The molecular formula is C41H41N5O5. The molecule has 3 aliphatic heterocycles. The highest BCUT2D eigenvalue weighted by Crippen LogP contribution is 2.34. The molecule has 3 amide bonds. The summed E-state index contributed by atoms with van der Waals surface area (Å²) in [6.07, 6.45) is 2.15. The third-order valence-electron chi connectivity index (χ3n) is 10.7. The van der Waals surface area contributed by atoms with E-state index < -0.39 is 6.09 Å². The average molecular weight is 684 g/mol. The van der Waals surface area contributed by atoms with Gasteiger partial charge in [-0.2, -0.15) is 0 Å². The van der Waals surface area contributed by atoms with Crippen LogP contribution in [0.4, 0.5) is 10.5 Å². The van der Waals surface area contributed by atoms with Crippen LogP contribution in [0.25, 0.3) is 16.6 Å². The summed E-state index contributed by atoms with van der Waals surface area (Å²) in [7, 11) is 1.77. The van der Waals surface area contributed by atoms with Gasteiger partial charge in [-0.1, -0.05) is 60.7 Å². The van der Waals surface area contributed by atoms with Crippen molar-refractivity contribution < 1.29 is 24.2 Å². The highest BCUT2D eigenvalue weighted by atomic mass is 16.5. The van der Waals surface area contributed by atoms with Crippen LogP contribution in [0.3, 0.4) is 0 Å². The minimum absolute atomic E-state index is 0.0667. The topological polar surface area (TPSA) is 98.6 Å². The van der Waals surface area contributed by atoms with Crippen LogP contribution in [-0.2, 0) is 30.7 Å². The standard InChI is InChI=1S/C41H41N5O5/c1-42(32-11-3-2-4-12-32)39(47)36-27-46(37-14-8-7-13-34(36)37)38-23-29-15-16-44(41(49)50)24-31(29)22-35(38)40(48)45-25-30-10-6-5-9-28(30)21-33(45)26-43-17-19-51-20-18-43/h2-14,22-23,27,33H,15-21,24-26H2,1H3,(H,49,50)/t33-/m0/s1. The van der Waals surface area contributed by atoms with Crippen LogP contribution in [0.15, 0.2) is 97.2 Å². The van der Waals surface area contributed by atoms with Gasteiger partial charge >= 0.3 is 6.09 Å². The number of carboxylic acid groups (broad SMARTS) is 1. The van der Waals surface area contributed by atoms with Crippen molar-refractivity contribution in [1.29, 1.82) is 0 Å². The van der Waals surface area contributed by atoms with E-state index in [9.17, 15) is 14.7 Å². The van der Waals surface area contributed by atoms with Gasteiger partial charge < -0.3 is 29.1 Å². The molecule has 0 radical (unpaired) electrons. The molecule has 10 nitrogen and oxygen atoms in total. The van der Waals surface area contributed by atoms with Crippen molar-refractivity contribution >= 4 is 34.5 Å². The largest absolute Gasteiger partial charge is 0.465 e. The molecule has 1 N–H and O–H groups in total. The molecule has 4 aromatic carbocycles. The van der Waals surface area contributed by atoms with Gasteiger partial charge in [0.15, 0.2) is 0 Å². The molecule has 4 heterocycles. The van der Waals surface area contributed by atoms with Crippen LogP contribution in [0, 0.1) is 0 Å². The van der Waals surface area contributed by atoms with Crippen molar-refractivity contribution in [2.75, 3.05) is 51.3 Å². The second-order valence-electron chi connectivity index (χ2n) is 13.7. The van der Waals surface area contributed by atoms with Crippen LogP contribution in [0.2, 0.25) is 0 Å². The number of anilines is 1. The maximum atomic E-state index is 15.2. The van der Waals surface area contributed by atoms with E-state index in [-0.39, 0.29) is 24.4 Å². The number of hydrogen-bond donors (Lipinski definition) is 1. The number of benzene rings is 4. The SMILES string of the molecule is CN(C(=O)c1cn(-c2cc3c(cc2C(=O)N2Cc4ccccc4C[C@H]2CN2CCOCC2)CN(C(=O)O)CC3)c2ccccc12)c1ccccc1. The van der Waals surface area contributed by atoms with Gasteiger partial charge in [-0.05, 0) is 65.4 Å². The van der Waals surface area contributed by atoms with Gasteiger partial charge in [-0.15, -0.1) is 0 Å². The number of amides is 3. The zero-order valence-electron chi connectivity index (χ0n) is 28.7. The van der Waals surface area contributed by atoms with Gasteiger partial charge in [0.2, 0.25) is 0 Å². The van der Waals surface area contributed by atoms with Crippen molar-refractivity contribution in [2.24, 2.45) is 0 Å². The van der Waals surface area contributed by atoms with Crippen LogP contribution in [-0.4, -0.2) is 94.8 Å². The summed E-state index contributed by atoms with van der Waals surface area (Å²) < 4.78 is 7.61. The predicted molar refractivity (Wildman–Crippen MR) is 196 cm³/mol. The van der Waals surface area contributed by atoms with E-state index in [1.807, 2.05) is 88.5 Å². The van der Waals surface area contributed by atoms with Crippen molar-refractivity contribution in [3.05, 3.63) is 131 Å². The Kier molecular flexibility index (Phi) is 8.79. The lowest BCUT2D eigenvalue weighted by Gasteiger charge is -2.41. The van der Waals surface area contributed by atoms with E-state index in [2.05, 4.69) is 23.1 Å². The minimum Gasteiger partial charge on any atom is -0.465 e. The Morgan fingerprint density at radius 1 is 0.804 bits per heavy atom.